The highest BCUT2D eigenvalue weighted by molar-refractivity contribution is 5.97. The summed E-state index contributed by atoms with van der Waals surface area (Å²) in [4.78, 5) is 14.8. The van der Waals surface area contributed by atoms with Gasteiger partial charge in [0, 0.05) is 19.3 Å². The molecule has 0 spiro atoms. The Kier molecular flexibility index (Phi) is 6.63. The van der Waals surface area contributed by atoms with E-state index in [4.69, 9.17) is 9.47 Å². The summed E-state index contributed by atoms with van der Waals surface area (Å²) in [6, 6.07) is 7.51. The molecule has 0 heterocycles. The van der Waals surface area contributed by atoms with Crippen LogP contribution in [-0.4, -0.2) is 50.8 Å². The van der Waals surface area contributed by atoms with E-state index in [1.807, 2.05) is 38.4 Å². The summed E-state index contributed by atoms with van der Waals surface area (Å²) < 4.78 is 11.3. The second-order valence-electron chi connectivity index (χ2n) is 7.03. The van der Waals surface area contributed by atoms with E-state index in [0.29, 0.717) is 12.5 Å². The van der Waals surface area contributed by atoms with Gasteiger partial charge in [-0.05, 0) is 63.5 Å². The highest BCUT2D eigenvalue weighted by atomic mass is 16.5. The number of carbonyl (C=O) groups excluding carboxylic acids is 1. The van der Waals surface area contributed by atoms with Crippen molar-refractivity contribution in [2.45, 2.75) is 38.2 Å². The van der Waals surface area contributed by atoms with Crippen molar-refractivity contribution in [3.8, 4) is 5.75 Å². The minimum Gasteiger partial charge on any atom is -0.492 e. The molecule has 1 aliphatic carbocycles. The maximum Gasteiger partial charge on any atom is 0.256 e. The summed E-state index contributed by atoms with van der Waals surface area (Å²) in [7, 11) is 5.67. The van der Waals surface area contributed by atoms with Crippen molar-refractivity contribution >= 4 is 11.6 Å². The maximum atomic E-state index is 12.7. The Balaban J connectivity index is 1.93. The van der Waals surface area contributed by atoms with Crippen LogP contribution in [0.1, 0.15) is 32.6 Å². The van der Waals surface area contributed by atoms with Gasteiger partial charge in [-0.1, -0.05) is 13.3 Å². The van der Waals surface area contributed by atoms with Crippen LogP contribution in [0.25, 0.3) is 0 Å². The van der Waals surface area contributed by atoms with Crippen molar-refractivity contribution in [3.05, 3.63) is 24.3 Å². The molecule has 1 aromatic carbocycles. The van der Waals surface area contributed by atoms with Crippen LogP contribution in [0.4, 0.5) is 5.69 Å². The molecule has 24 heavy (non-hydrogen) atoms. The largest absolute Gasteiger partial charge is 0.492 e. The smallest absolute Gasteiger partial charge is 0.256 e. The molecule has 1 saturated carbocycles. The Bertz CT molecular complexity index is 530. The molecule has 0 radical (unpaired) electrons. The number of hydrogen-bond acceptors (Lipinski definition) is 4. The summed E-state index contributed by atoms with van der Waals surface area (Å²) in [6.45, 7) is 3.69. The van der Waals surface area contributed by atoms with Gasteiger partial charge in [-0.3, -0.25) is 4.79 Å². The Morgan fingerprint density at radius 3 is 2.62 bits per heavy atom. The summed E-state index contributed by atoms with van der Waals surface area (Å²) in [5, 5.41) is 3.00. The van der Waals surface area contributed by atoms with E-state index in [-0.39, 0.29) is 5.91 Å². The Morgan fingerprint density at radius 1 is 1.33 bits per heavy atom. The highest BCUT2D eigenvalue weighted by Crippen LogP contribution is 2.35. The van der Waals surface area contributed by atoms with E-state index < -0.39 is 5.60 Å². The number of amides is 1. The van der Waals surface area contributed by atoms with Gasteiger partial charge in [0.25, 0.3) is 5.91 Å². The predicted octanol–water partition coefficient (Wildman–Crippen LogP) is 3.16. The van der Waals surface area contributed by atoms with Crippen LogP contribution in [0.5, 0.6) is 5.75 Å². The molecule has 5 heteroatoms. The standard InChI is InChI=1S/C19H30N2O3/c1-15-6-5-11-19(14-15,23-4)18(22)20-16-7-9-17(10-8-16)24-13-12-21(2)3/h7-10,15H,5-6,11-14H2,1-4H3,(H,20,22)/t15-,19-/m1/s1. The van der Waals surface area contributed by atoms with Crippen molar-refractivity contribution in [2.75, 3.05) is 39.7 Å². The molecule has 5 nitrogen and oxygen atoms in total. The number of likely N-dealkylation sites (N-methyl/N-ethyl adjacent to an activating group) is 1. The average Bonchev–Trinajstić information content (AvgIpc) is 2.56. The second-order valence-corrected chi connectivity index (χ2v) is 7.03. The number of benzene rings is 1. The number of ether oxygens (including phenoxy) is 2. The van der Waals surface area contributed by atoms with Gasteiger partial charge in [-0.15, -0.1) is 0 Å². The number of rotatable bonds is 7. The Labute approximate surface area is 145 Å². The zero-order chi connectivity index (χ0) is 17.6. The second kappa shape index (κ2) is 8.49. The third-order valence-electron chi connectivity index (χ3n) is 4.68. The lowest BCUT2D eigenvalue weighted by Crippen LogP contribution is -2.47. The third kappa shape index (κ3) is 4.95. The molecule has 2 rings (SSSR count). The quantitative estimate of drug-likeness (QED) is 0.832. The fraction of sp³-hybridized carbons (Fsp3) is 0.632. The van der Waals surface area contributed by atoms with Crippen molar-refractivity contribution in [2.24, 2.45) is 5.92 Å². The van der Waals surface area contributed by atoms with Crippen LogP contribution >= 0.6 is 0 Å². The van der Waals surface area contributed by atoms with Crippen LogP contribution < -0.4 is 10.1 Å². The van der Waals surface area contributed by atoms with Crippen LogP contribution in [0.3, 0.4) is 0 Å². The number of methoxy groups -OCH3 is 1. The topological polar surface area (TPSA) is 50.8 Å². The minimum absolute atomic E-state index is 0.0437. The molecule has 1 aliphatic rings. The molecule has 0 saturated heterocycles. The van der Waals surface area contributed by atoms with Crippen LogP contribution in [0, 0.1) is 5.92 Å². The van der Waals surface area contributed by atoms with Crippen LogP contribution in [-0.2, 0) is 9.53 Å². The van der Waals surface area contributed by atoms with E-state index in [1.54, 1.807) is 7.11 Å². The van der Waals surface area contributed by atoms with Gasteiger partial charge in [0.1, 0.15) is 18.0 Å². The fourth-order valence-electron chi connectivity index (χ4n) is 3.21. The molecule has 1 amide bonds. The maximum absolute atomic E-state index is 12.7. The lowest BCUT2D eigenvalue weighted by Gasteiger charge is -2.37. The van der Waals surface area contributed by atoms with Gasteiger partial charge in [0.2, 0.25) is 0 Å². The van der Waals surface area contributed by atoms with Crippen molar-refractivity contribution in [3.63, 3.8) is 0 Å². The molecule has 1 N–H and O–H groups in total. The summed E-state index contributed by atoms with van der Waals surface area (Å²) in [6.07, 6.45) is 3.75. The monoisotopic (exact) mass is 334 g/mol. The predicted molar refractivity (Wildman–Crippen MR) is 96.5 cm³/mol. The van der Waals surface area contributed by atoms with E-state index in [0.717, 1.165) is 43.7 Å². The molecule has 134 valence electrons. The van der Waals surface area contributed by atoms with E-state index in [2.05, 4.69) is 17.1 Å². The van der Waals surface area contributed by atoms with Crippen LogP contribution in [0.15, 0.2) is 24.3 Å². The number of anilines is 1. The van der Waals surface area contributed by atoms with Gasteiger partial charge in [0.05, 0.1) is 0 Å². The number of nitrogens with zero attached hydrogens (tertiary/aromatic N) is 1. The Hall–Kier alpha value is -1.59. The van der Waals surface area contributed by atoms with Crippen molar-refractivity contribution < 1.29 is 14.3 Å². The van der Waals surface area contributed by atoms with E-state index in [9.17, 15) is 4.79 Å². The SMILES string of the molecule is CO[C@]1(C(=O)Nc2ccc(OCCN(C)C)cc2)CCC[C@@H](C)C1. The number of carbonyl (C=O) groups is 1. The van der Waals surface area contributed by atoms with Gasteiger partial charge < -0.3 is 19.7 Å². The zero-order valence-electron chi connectivity index (χ0n) is 15.3. The van der Waals surface area contributed by atoms with Crippen molar-refractivity contribution in [1.82, 2.24) is 4.90 Å². The van der Waals surface area contributed by atoms with E-state index >= 15 is 0 Å². The molecule has 1 fully saturated rings. The molecular formula is C19H30N2O3. The first-order valence-electron chi connectivity index (χ1n) is 8.69. The average molecular weight is 334 g/mol. The van der Waals surface area contributed by atoms with Gasteiger partial charge in [-0.2, -0.15) is 0 Å². The highest BCUT2D eigenvalue weighted by Gasteiger charge is 2.41. The van der Waals surface area contributed by atoms with Gasteiger partial charge >= 0.3 is 0 Å². The summed E-state index contributed by atoms with van der Waals surface area (Å²) >= 11 is 0. The fourth-order valence-corrected chi connectivity index (χ4v) is 3.21. The number of hydrogen-bond donors (Lipinski definition) is 1. The minimum atomic E-state index is -0.696. The number of nitrogens with one attached hydrogen (secondary N) is 1. The molecule has 2 atom stereocenters. The van der Waals surface area contributed by atoms with Gasteiger partial charge in [0.15, 0.2) is 0 Å². The normalized spacial score (nSPS) is 24.0. The first-order chi connectivity index (χ1) is 11.4. The molecular weight excluding hydrogens is 304 g/mol. The molecule has 0 bridgehead atoms. The Morgan fingerprint density at radius 2 is 2.04 bits per heavy atom. The summed E-state index contributed by atoms with van der Waals surface area (Å²) in [5.74, 6) is 1.28. The third-order valence-corrected chi connectivity index (χ3v) is 4.68. The van der Waals surface area contributed by atoms with Gasteiger partial charge in [-0.25, -0.2) is 0 Å². The lowest BCUT2D eigenvalue weighted by atomic mass is 9.78. The molecule has 0 unspecified atom stereocenters. The lowest BCUT2D eigenvalue weighted by molar-refractivity contribution is -0.143. The molecule has 0 aromatic heterocycles. The molecule has 1 aromatic rings. The molecule has 0 aliphatic heterocycles. The van der Waals surface area contributed by atoms with Crippen molar-refractivity contribution in [1.29, 1.82) is 0 Å². The van der Waals surface area contributed by atoms with Crippen LogP contribution in [0.2, 0.25) is 0 Å². The first kappa shape index (κ1) is 18.7. The zero-order valence-corrected chi connectivity index (χ0v) is 15.3. The first-order valence-corrected chi connectivity index (χ1v) is 8.69. The summed E-state index contributed by atoms with van der Waals surface area (Å²) in [5.41, 5.74) is 0.0769. The van der Waals surface area contributed by atoms with E-state index in [1.165, 1.54) is 0 Å².